The van der Waals surface area contributed by atoms with E-state index in [4.69, 9.17) is 0 Å². The van der Waals surface area contributed by atoms with Crippen LogP contribution in [-0.4, -0.2) is 16.3 Å². The number of aromatic nitrogens is 1. The van der Waals surface area contributed by atoms with Crippen LogP contribution in [-0.2, 0) is 0 Å². The van der Waals surface area contributed by atoms with Gasteiger partial charge in [0.2, 0.25) is 0 Å². The molecule has 1 heterocycles. The minimum Gasteiger partial charge on any atom is -0.294 e. The van der Waals surface area contributed by atoms with Crippen LogP contribution in [0.2, 0.25) is 0 Å². The Bertz CT molecular complexity index is 800. The van der Waals surface area contributed by atoms with Crippen molar-refractivity contribution in [2.75, 3.05) is 0 Å². The Labute approximate surface area is 116 Å². The molecule has 0 saturated carbocycles. The van der Waals surface area contributed by atoms with Crippen LogP contribution in [0.15, 0.2) is 60.8 Å². The maximum atomic E-state index is 12.5. The van der Waals surface area contributed by atoms with E-state index in [9.17, 15) is 9.59 Å². The summed E-state index contributed by atoms with van der Waals surface area (Å²) in [4.78, 5) is 24.3. The van der Waals surface area contributed by atoms with Crippen LogP contribution in [0.5, 0.6) is 0 Å². The molecule has 0 aliphatic carbocycles. The van der Waals surface area contributed by atoms with Crippen molar-refractivity contribution in [3.63, 3.8) is 0 Å². The van der Waals surface area contributed by atoms with Gasteiger partial charge in [0.25, 0.3) is 5.91 Å². The smallest absolute Gasteiger partial charge is 0.262 e. The zero-order valence-electron chi connectivity index (χ0n) is 11.0. The second-order valence-electron chi connectivity index (χ2n) is 4.66. The van der Waals surface area contributed by atoms with E-state index < -0.39 is 0 Å². The zero-order chi connectivity index (χ0) is 14.1. The maximum absolute atomic E-state index is 12.5. The Morgan fingerprint density at radius 2 is 1.55 bits per heavy atom. The van der Waals surface area contributed by atoms with E-state index in [1.807, 2.05) is 42.5 Å². The second kappa shape index (κ2) is 4.78. The third kappa shape index (κ3) is 1.93. The number of Topliss-reactive ketones (excluding diaryl/α,β-unsaturated/α-hetero) is 1. The van der Waals surface area contributed by atoms with Crippen LogP contribution in [0.25, 0.3) is 10.9 Å². The van der Waals surface area contributed by atoms with E-state index in [0.29, 0.717) is 11.1 Å². The Morgan fingerprint density at radius 1 is 0.900 bits per heavy atom. The number of fused-ring (bicyclic) bond motifs is 1. The normalized spacial score (nSPS) is 10.7. The van der Waals surface area contributed by atoms with Gasteiger partial charge in [-0.05, 0) is 25.1 Å². The average molecular weight is 263 g/mol. The molecule has 0 saturated heterocycles. The minimum absolute atomic E-state index is 0.0409. The number of hydrogen-bond donors (Lipinski definition) is 0. The maximum Gasteiger partial charge on any atom is 0.262 e. The largest absolute Gasteiger partial charge is 0.294 e. The molecule has 0 aliphatic rings. The van der Waals surface area contributed by atoms with Crippen molar-refractivity contribution >= 4 is 22.6 Å². The van der Waals surface area contributed by atoms with E-state index in [1.54, 1.807) is 22.9 Å². The number of rotatable bonds is 2. The molecule has 2 aromatic carbocycles. The zero-order valence-corrected chi connectivity index (χ0v) is 11.0. The molecular formula is C17H13NO2. The van der Waals surface area contributed by atoms with Crippen molar-refractivity contribution in [2.24, 2.45) is 0 Å². The number of carbonyl (C=O) groups excluding carboxylic acids is 2. The van der Waals surface area contributed by atoms with Gasteiger partial charge in [0.15, 0.2) is 5.78 Å². The fourth-order valence-corrected chi connectivity index (χ4v) is 2.35. The fraction of sp³-hybridized carbons (Fsp3) is 0.0588. The summed E-state index contributed by atoms with van der Waals surface area (Å²) in [5, 5.41) is 0.810. The molecule has 0 aliphatic heterocycles. The first-order valence-electron chi connectivity index (χ1n) is 6.39. The Balaban J connectivity index is 2.22. The lowest BCUT2D eigenvalue weighted by atomic mass is 10.1. The molecule has 0 fully saturated rings. The van der Waals surface area contributed by atoms with Gasteiger partial charge in [-0.3, -0.25) is 14.2 Å². The predicted molar refractivity (Wildman–Crippen MR) is 78.1 cm³/mol. The summed E-state index contributed by atoms with van der Waals surface area (Å²) in [6, 6.07) is 16.5. The first kappa shape index (κ1) is 12.4. The number of para-hydroxylation sites is 1. The van der Waals surface area contributed by atoms with Gasteiger partial charge in [0, 0.05) is 22.7 Å². The lowest BCUT2D eigenvalue weighted by molar-refractivity contribution is 0.0965. The van der Waals surface area contributed by atoms with Gasteiger partial charge in [0.05, 0.1) is 5.52 Å². The van der Waals surface area contributed by atoms with Crippen LogP contribution in [0, 0.1) is 0 Å². The minimum atomic E-state index is -0.130. The van der Waals surface area contributed by atoms with Crippen LogP contribution >= 0.6 is 0 Å². The van der Waals surface area contributed by atoms with E-state index in [0.717, 1.165) is 10.9 Å². The highest BCUT2D eigenvalue weighted by molar-refractivity contribution is 6.11. The molecule has 0 bridgehead atoms. The molecule has 1 aromatic heterocycles. The summed E-state index contributed by atoms with van der Waals surface area (Å²) < 4.78 is 1.54. The van der Waals surface area contributed by atoms with Crippen LogP contribution in [0.1, 0.15) is 27.6 Å². The number of benzene rings is 2. The molecule has 3 rings (SSSR count). The van der Waals surface area contributed by atoms with Crippen molar-refractivity contribution in [1.82, 2.24) is 4.57 Å². The first-order chi connectivity index (χ1) is 9.68. The SMILES string of the molecule is CC(=O)c1cn(C(=O)c2ccccc2)c2ccccc12. The van der Waals surface area contributed by atoms with Crippen molar-refractivity contribution in [3.05, 3.63) is 71.9 Å². The van der Waals surface area contributed by atoms with E-state index in [1.165, 1.54) is 6.92 Å². The molecule has 98 valence electrons. The monoisotopic (exact) mass is 263 g/mol. The second-order valence-corrected chi connectivity index (χ2v) is 4.66. The van der Waals surface area contributed by atoms with Crippen molar-refractivity contribution in [3.8, 4) is 0 Å². The lowest BCUT2D eigenvalue weighted by Gasteiger charge is -2.03. The van der Waals surface area contributed by atoms with E-state index >= 15 is 0 Å². The third-order valence-corrected chi connectivity index (χ3v) is 3.33. The summed E-state index contributed by atoms with van der Waals surface area (Å²) >= 11 is 0. The van der Waals surface area contributed by atoms with Gasteiger partial charge in [-0.15, -0.1) is 0 Å². The fourth-order valence-electron chi connectivity index (χ4n) is 2.35. The quantitative estimate of drug-likeness (QED) is 0.663. The molecule has 3 nitrogen and oxygen atoms in total. The van der Waals surface area contributed by atoms with E-state index in [-0.39, 0.29) is 11.7 Å². The average Bonchev–Trinajstić information content (AvgIpc) is 2.87. The molecule has 3 heteroatoms. The molecule has 20 heavy (non-hydrogen) atoms. The number of carbonyl (C=O) groups is 2. The lowest BCUT2D eigenvalue weighted by Crippen LogP contribution is -2.10. The molecule has 0 radical (unpaired) electrons. The summed E-state index contributed by atoms with van der Waals surface area (Å²) in [6.07, 6.45) is 1.63. The van der Waals surface area contributed by atoms with E-state index in [2.05, 4.69) is 0 Å². The van der Waals surface area contributed by atoms with Crippen molar-refractivity contribution in [2.45, 2.75) is 6.92 Å². The molecule has 0 atom stereocenters. The Kier molecular flexibility index (Phi) is 2.95. The predicted octanol–water partition coefficient (Wildman–Crippen LogP) is 3.53. The van der Waals surface area contributed by atoms with Crippen LogP contribution < -0.4 is 0 Å². The summed E-state index contributed by atoms with van der Waals surface area (Å²) in [5.74, 6) is -0.171. The highest BCUT2D eigenvalue weighted by atomic mass is 16.2. The Morgan fingerprint density at radius 3 is 2.25 bits per heavy atom. The summed E-state index contributed by atoms with van der Waals surface area (Å²) in [6.45, 7) is 1.51. The summed E-state index contributed by atoms with van der Waals surface area (Å²) in [5.41, 5.74) is 1.93. The summed E-state index contributed by atoms with van der Waals surface area (Å²) in [7, 11) is 0. The first-order valence-corrected chi connectivity index (χ1v) is 6.39. The Hall–Kier alpha value is -2.68. The molecular weight excluding hydrogens is 250 g/mol. The molecule has 0 amide bonds. The standard InChI is InChI=1S/C17H13NO2/c1-12(19)15-11-18(16-10-6-5-9-14(15)16)17(20)13-7-3-2-4-8-13/h2-11H,1H3. The van der Waals surface area contributed by atoms with Crippen molar-refractivity contribution in [1.29, 1.82) is 0 Å². The van der Waals surface area contributed by atoms with Gasteiger partial charge in [-0.1, -0.05) is 36.4 Å². The number of hydrogen-bond acceptors (Lipinski definition) is 2. The molecule has 0 unspecified atom stereocenters. The van der Waals surface area contributed by atoms with Gasteiger partial charge in [-0.25, -0.2) is 0 Å². The highest BCUT2D eigenvalue weighted by Crippen LogP contribution is 2.22. The number of nitrogens with zero attached hydrogens (tertiary/aromatic N) is 1. The topological polar surface area (TPSA) is 39.1 Å². The molecule has 0 spiro atoms. The van der Waals surface area contributed by atoms with Gasteiger partial charge in [-0.2, -0.15) is 0 Å². The van der Waals surface area contributed by atoms with Crippen LogP contribution in [0.3, 0.4) is 0 Å². The van der Waals surface area contributed by atoms with Crippen LogP contribution in [0.4, 0.5) is 0 Å². The van der Waals surface area contributed by atoms with Gasteiger partial charge >= 0.3 is 0 Å². The third-order valence-electron chi connectivity index (χ3n) is 3.33. The van der Waals surface area contributed by atoms with Crippen molar-refractivity contribution < 1.29 is 9.59 Å². The van der Waals surface area contributed by atoms with Gasteiger partial charge in [0.1, 0.15) is 0 Å². The molecule has 3 aromatic rings. The number of ketones is 1. The van der Waals surface area contributed by atoms with Gasteiger partial charge < -0.3 is 0 Å². The highest BCUT2D eigenvalue weighted by Gasteiger charge is 2.16. The molecule has 0 N–H and O–H groups in total.